The standard InChI is InChI=1S/C13H20N2O4S/c1-14-5-7-15(8-6-14)20(17,18)13-9-11(10-16)3-4-12(13)19-2/h3-4,9,16H,5-8,10H2,1-2H3. The molecule has 1 aliphatic heterocycles. The average Bonchev–Trinajstić information content (AvgIpc) is 2.47. The van der Waals surface area contributed by atoms with Gasteiger partial charge in [-0.2, -0.15) is 4.31 Å². The van der Waals surface area contributed by atoms with Crippen LogP contribution in [0.2, 0.25) is 0 Å². The molecule has 0 spiro atoms. The summed E-state index contributed by atoms with van der Waals surface area (Å²) in [5.74, 6) is 0.307. The van der Waals surface area contributed by atoms with Gasteiger partial charge in [0.1, 0.15) is 10.6 Å². The molecular formula is C13H20N2O4S. The highest BCUT2D eigenvalue weighted by atomic mass is 32.2. The number of sulfonamides is 1. The third kappa shape index (κ3) is 2.95. The van der Waals surface area contributed by atoms with Crippen LogP contribution in [0.15, 0.2) is 23.1 Å². The van der Waals surface area contributed by atoms with Gasteiger partial charge in [0.05, 0.1) is 13.7 Å². The third-order valence-electron chi connectivity index (χ3n) is 3.49. The number of benzene rings is 1. The summed E-state index contributed by atoms with van der Waals surface area (Å²) in [6.07, 6.45) is 0. The van der Waals surface area contributed by atoms with Gasteiger partial charge in [0.25, 0.3) is 0 Å². The summed E-state index contributed by atoms with van der Waals surface area (Å²) in [5.41, 5.74) is 0.554. The van der Waals surface area contributed by atoms with E-state index in [1.165, 1.54) is 17.5 Å². The molecule has 0 amide bonds. The molecular weight excluding hydrogens is 280 g/mol. The summed E-state index contributed by atoms with van der Waals surface area (Å²) in [6.45, 7) is 2.15. The van der Waals surface area contributed by atoms with Gasteiger partial charge in [-0.15, -0.1) is 0 Å². The molecule has 2 rings (SSSR count). The number of methoxy groups -OCH3 is 1. The maximum Gasteiger partial charge on any atom is 0.246 e. The fourth-order valence-corrected chi connectivity index (χ4v) is 3.82. The highest BCUT2D eigenvalue weighted by Gasteiger charge is 2.30. The van der Waals surface area contributed by atoms with Gasteiger partial charge in [0.15, 0.2) is 0 Å². The van der Waals surface area contributed by atoms with Crippen molar-refractivity contribution in [2.24, 2.45) is 0 Å². The summed E-state index contributed by atoms with van der Waals surface area (Å²) in [4.78, 5) is 2.21. The predicted octanol–water partition coefficient (Wildman–Crippen LogP) is 0.124. The summed E-state index contributed by atoms with van der Waals surface area (Å²) >= 11 is 0. The van der Waals surface area contributed by atoms with Gasteiger partial charge in [-0.25, -0.2) is 8.42 Å². The number of likely N-dealkylation sites (N-methyl/N-ethyl adjacent to an activating group) is 1. The lowest BCUT2D eigenvalue weighted by Crippen LogP contribution is -2.47. The largest absolute Gasteiger partial charge is 0.495 e. The number of rotatable bonds is 4. The first-order valence-electron chi connectivity index (χ1n) is 6.45. The first-order chi connectivity index (χ1) is 9.48. The normalized spacial score (nSPS) is 18.1. The van der Waals surface area contributed by atoms with Gasteiger partial charge in [0.2, 0.25) is 10.0 Å². The summed E-state index contributed by atoms with van der Waals surface area (Å²) < 4.78 is 32.0. The number of hydrogen-bond acceptors (Lipinski definition) is 5. The van der Waals surface area contributed by atoms with Crippen LogP contribution in [0.3, 0.4) is 0 Å². The van der Waals surface area contributed by atoms with Crippen molar-refractivity contribution in [1.82, 2.24) is 9.21 Å². The van der Waals surface area contributed by atoms with E-state index in [1.807, 2.05) is 7.05 Å². The molecule has 1 fully saturated rings. The lowest BCUT2D eigenvalue weighted by molar-refractivity contribution is 0.222. The van der Waals surface area contributed by atoms with Crippen LogP contribution >= 0.6 is 0 Å². The van der Waals surface area contributed by atoms with Crippen LogP contribution in [-0.4, -0.2) is 63.1 Å². The molecule has 1 heterocycles. The number of nitrogens with zero attached hydrogens (tertiary/aromatic N) is 2. The molecule has 1 aliphatic rings. The zero-order valence-corrected chi connectivity index (χ0v) is 12.6. The Labute approximate surface area is 119 Å². The van der Waals surface area contributed by atoms with Gasteiger partial charge in [-0.05, 0) is 24.7 Å². The lowest BCUT2D eigenvalue weighted by Gasteiger charge is -2.31. The van der Waals surface area contributed by atoms with E-state index in [0.29, 0.717) is 37.5 Å². The molecule has 1 saturated heterocycles. The zero-order chi connectivity index (χ0) is 14.8. The second kappa shape index (κ2) is 6.09. The third-order valence-corrected chi connectivity index (χ3v) is 5.41. The maximum atomic E-state index is 12.7. The van der Waals surface area contributed by atoms with E-state index >= 15 is 0 Å². The monoisotopic (exact) mass is 300 g/mol. The maximum absolute atomic E-state index is 12.7. The summed E-state index contributed by atoms with van der Waals surface area (Å²) in [5, 5.41) is 9.18. The van der Waals surface area contributed by atoms with Gasteiger partial charge >= 0.3 is 0 Å². The van der Waals surface area contributed by atoms with Crippen molar-refractivity contribution >= 4 is 10.0 Å². The molecule has 1 aromatic rings. The topological polar surface area (TPSA) is 70.1 Å². The molecule has 0 bridgehead atoms. The van der Waals surface area contributed by atoms with E-state index in [1.54, 1.807) is 12.1 Å². The molecule has 0 unspecified atom stereocenters. The van der Waals surface area contributed by atoms with Crippen LogP contribution in [0, 0.1) is 0 Å². The van der Waals surface area contributed by atoms with Crippen molar-refractivity contribution in [2.75, 3.05) is 40.3 Å². The molecule has 20 heavy (non-hydrogen) atoms. The minimum Gasteiger partial charge on any atom is -0.495 e. The van der Waals surface area contributed by atoms with Crippen LogP contribution < -0.4 is 4.74 Å². The molecule has 0 aliphatic carbocycles. The van der Waals surface area contributed by atoms with Crippen molar-refractivity contribution in [3.05, 3.63) is 23.8 Å². The fourth-order valence-electron chi connectivity index (χ4n) is 2.19. The van der Waals surface area contributed by atoms with E-state index < -0.39 is 10.0 Å². The SMILES string of the molecule is COc1ccc(CO)cc1S(=O)(=O)N1CCN(C)CC1. The Morgan fingerprint density at radius 3 is 2.45 bits per heavy atom. The number of aliphatic hydroxyl groups excluding tert-OH is 1. The second-order valence-corrected chi connectivity index (χ2v) is 6.76. The molecule has 7 heteroatoms. The van der Waals surface area contributed by atoms with Gasteiger partial charge in [-0.3, -0.25) is 0 Å². The Morgan fingerprint density at radius 2 is 1.90 bits per heavy atom. The second-order valence-electron chi connectivity index (χ2n) is 4.85. The first-order valence-corrected chi connectivity index (χ1v) is 7.89. The van der Waals surface area contributed by atoms with Gasteiger partial charge in [-0.1, -0.05) is 6.07 Å². The van der Waals surface area contributed by atoms with E-state index in [-0.39, 0.29) is 11.5 Å². The van der Waals surface area contributed by atoms with Crippen LogP contribution in [0.5, 0.6) is 5.75 Å². The molecule has 1 aromatic carbocycles. The van der Waals surface area contributed by atoms with E-state index in [4.69, 9.17) is 4.74 Å². The molecule has 0 radical (unpaired) electrons. The van der Waals surface area contributed by atoms with E-state index in [2.05, 4.69) is 4.90 Å². The molecule has 0 saturated carbocycles. The summed E-state index contributed by atoms with van der Waals surface area (Å²) in [6, 6.07) is 4.71. The quantitative estimate of drug-likeness (QED) is 0.855. The fraction of sp³-hybridized carbons (Fsp3) is 0.538. The van der Waals surface area contributed by atoms with Gasteiger partial charge in [0, 0.05) is 26.2 Å². The van der Waals surface area contributed by atoms with Gasteiger partial charge < -0.3 is 14.7 Å². The lowest BCUT2D eigenvalue weighted by atomic mass is 10.2. The first kappa shape index (κ1) is 15.2. The minimum atomic E-state index is -3.59. The van der Waals surface area contributed by atoms with Crippen molar-refractivity contribution in [3.63, 3.8) is 0 Å². The molecule has 1 N–H and O–H groups in total. The molecule has 0 atom stereocenters. The Bertz CT molecular complexity index is 566. The van der Waals surface area contributed by atoms with Crippen LogP contribution in [-0.2, 0) is 16.6 Å². The summed E-state index contributed by atoms with van der Waals surface area (Å²) in [7, 11) is -0.180. The highest BCUT2D eigenvalue weighted by molar-refractivity contribution is 7.89. The van der Waals surface area contributed by atoms with Crippen molar-refractivity contribution in [2.45, 2.75) is 11.5 Å². The zero-order valence-electron chi connectivity index (χ0n) is 11.7. The predicted molar refractivity (Wildman–Crippen MR) is 75.2 cm³/mol. The number of aliphatic hydroxyl groups is 1. The van der Waals surface area contributed by atoms with Crippen molar-refractivity contribution in [3.8, 4) is 5.75 Å². The van der Waals surface area contributed by atoms with Crippen LogP contribution in [0.4, 0.5) is 0 Å². The Balaban J connectivity index is 2.37. The number of hydrogen-bond donors (Lipinski definition) is 1. The molecule has 6 nitrogen and oxygen atoms in total. The minimum absolute atomic E-state index is 0.121. The average molecular weight is 300 g/mol. The molecule has 112 valence electrons. The highest BCUT2D eigenvalue weighted by Crippen LogP contribution is 2.28. The van der Waals surface area contributed by atoms with E-state index in [9.17, 15) is 13.5 Å². The van der Waals surface area contributed by atoms with Crippen molar-refractivity contribution < 1.29 is 18.3 Å². The van der Waals surface area contributed by atoms with Crippen molar-refractivity contribution in [1.29, 1.82) is 0 Å². The Hall–Kier alpha value is -1.15. The van der Waals surface area contributed by atoms with E-state index in [0.717, 1.165) is 0 Å². The van der Waals surface area contributed by atoms with Crippen LogP contribution in [0.1, 0.15) is 5.56 Å². The Morgan fingerprint density at radius 1 is 1.25 bits per heavy atom. The Kier molecular flexibility index (Phi) is 4.64. The van der Waals surface area contributed by atoms with Crippen LogP contribution in [0.25, 0.3) is 0 Å². The number of ether oxygens (including phenoxy) is 1. The molecule has 0 aromatic heterocycles. The number of piperazine rings is 1. The smallest absolute Gasteiger partial charge is 0.246 e.